The largest absolute Gasteiger partial charge is 0.296 e. The molecule has 1 fully saturated rings. The molecule has 0 N–H and O–H groups in total. The SMILES string of the molecule is Cc1ccccc1CN1CCN(S(=O)(=O)c2ccccc2[N+](=O)[O-])CC1. The Labute approximate surface area is 153 Å². The van der Waals surface area contributed by atoms with E-state index in [0.29, 0.717) is 26.2 Å². The Morgan fingerprint density at radius 2 is 1.62 bits per heavy atom. The number of sulfonamides is 1. The first-order chi connectivity index (χ1) is 12.4. The van der Waals surface area contributed by atoms with Crippen molar-refractivity contribution in [2.75, 3.05) is 26.2 Å². The Morgan fingerprint density at radius 1 is 1.00 bits per heavy atom. The molecule has 7 nitrogen and oxygen atoms in total. The van der Waals surface area contributed by atoms with Gasteiger partial charge in [0.15, 0.2) is 4.90 Å². The minimum absolute atomic E-state index is 0.239. The monoisotopic (exact) mass is 375 g/mol. The lowest BCUT2D eigenvalue weighted by molar-refractivity contribution is -0.387. The van der Waals surface area contributed by atoms with E-state index in [1.54, 1.807) is 0 Å². The molecule has 1 aliphatic heterocycles. The maximum atomic E-state index is 12.8. The van der Waals surface area contributed by atoms with Gasteiger partial charge in [-0.1, -0.05) is 36.4 Å². The van der Waals surface area contributed by atoms with E-state index in [1.807, 2.05) is 12.1 Å². The van der Waals surface area contributed by atoms with E-state index in [4.69, 9.17) is 0 Å². The highest BCUT2D eigenvalue weighted by atomic mass is 32.2. The molecular weight excluding hydrogens is 354 g/mol. The molecule has 1 aliphatic rings. The number of rotatable bonds is 5. The van der Waals surface area contributed by atoms with Crippen molar-refractivity contribution in [3.05, 3.63) is 69.8 Å². The number of benzene rings is 2. The molecule has 26 heavy (non-hydrogen) atoms. The number of nitro benzene ring substituents is 1. The molecule has 0 aliphatic carbocycles. The third kappa shape index (κ3) is 3.77. The van der Waals surface area contributed by atoms with Crippen LogP contribution in [-0.2, 0) is 16.6 Å². The van der Waals surface area contributed by atoms with E-state index in [2.05, 4.69) is 24.0 Å². The molecule has 0 bridgehead atoms. The van der Waals surface area contributed by atoms with Gasteiger partial charge in [-0.2, -0.15) is 4.31 Å². The van der Waals surface area contributed by atoms with Crippen molar-refractivity contribution in [2.24, 2.45) is 0 Å². The molecule has 2 aromatic carbocycles. The second-order valence-corrected chi connectivity index (χ2v) is 8.24. The molecule has 1 heterocycles. The van der Waals surface area contributed by atoms with Crippen molar-refractivity contribution in [3.8, 4) is 0 Å². The van der Waals surface area contributed by atoms with Gasteiger partial charge in [-0.15, -0.1) is 0 Å². The summed E-state index contributed by atoms with van der Waals surface area (Å²) in [5, 5.41) is 11.2. The molecule has 0 radical (unpaired) electrons. The van der Waals surface area contributed by atoms with Gasteiger partial charge in [-0.05, 0) is 24.1 Å². The molecule has 1 saturated heterocycles. The summed E-state index contributed by atoms with van der Waals surface area (Å²) in [5.74, 6) is 0. The maximum absolute atomic E-state index is 12.8. The normalized spacial score (nSPS) is 16.5. The number of nitro groups is 1. The molecule has 0 spiro atoms. The predicted octanol–water partition coefficient (Wildman–Crippen LogP) is 2.41. The van der Waals surface area contributed by atoms with Gasteiger partial charge >= 0.3 is 0 Å². The number of aryl methyl sites for hydroxylation is 1. The molecule has 0 aromatic heterocycles. The fourth-order valence-electron chi connectivity index (χ4n) is 3.12. The van der Waals surface area contributed by atoms with Crippen LogP contribution in [-0.4, -0.2) is 48.7 Å². The Morgan fingerprint density at radius 3 is 2.27 bits per heavy atom. The van der Waals surface area contributed by atoms with Crippen LogP contribution in [0.25, 0.3) is 0 Å². The quantitative estimate of drug-likeness (QED) is 0.592. The summed E-state index contributed by atoms with van der Waals surface area (Å²) >= 11 is 0. The van der Waals surface area contributed by atoms with Crippen molar-refractivity contribution in [1.82, 2.24) is 9.21 Å². The zero-order valence-electron chi connectivity index (χ0n) is 14.5. The van der Waals surface area contributed by atoms with Gasteiger partial charge in [0.1, 0.15) is 0 Å². The average molecular weight is 375 g/mol. The van der Waals surface area contributed by atoms with Gasteiger partial charge in [0, 0.05) is 38.8 Å². The molecule has 3 rings (SSSR count). The number of piperazine rings is 1. The molecule has 0 atom stereocenters. The lowest BCUT2D eigenvalue weighted by Crippen LogP contribution is -2.48. The van der Waals surface area contributed by atoms with Gasteiger partial charge in [0.05, 0.1) is 4.92 Å². The minimum Gasteiger partial charge on any atom is -0.296 e. The Kier molecular flexibility index (Phi) is 5.36. The lowest BCUT2D eigenvalue weighted by Gasteiger charge is -2.34. The van der Waals surface area contributed by atoms with Crippen LogP contribution in [0.5, 0.6) is 0 Å². The van der Waals surface area contributed by atoms with Crippen LogP contribution in [0.1, 0.15) is 11.1 Å². The molecule has 0 saturated carbocycles. The van der Waals surface area contributed by atoms with Gasteiger partial charge < -0.3 is 0 Å². The smallest absolute Gasteiger partial charge is 0.289 e. The van der Waals surface area contributed by atoms with Crippen LogP contribution < -0.4 is 0 Å². The van der Waals surface area contributed by atoms with Gasteiger partial charge in [-0.3, -0.25) is 15.0 Å². The standard InChI is InChI=1S/C18H21N3O4S/c1-15-6-2-3-7-16(15)14-19-10-12-20(13-11-19)26(24,25)18-9-5-4-8-17(18)21(22)23/h2-9H,10-14H2,1H3. The molecular formula is C18H21N3O4S. The van der Waals surface area contributed by atoms with Gasteiger partial charge in [-0.25, -0.2) is 8.42 Å². The fraction of sp³-hybridized carbons (Fsp3) is 0.333. The van der Waals surface area contributed by atoms with Crippen LogP contribution in [0.2, 0.25) is 0 Å². The Bertz CT molecular complexity index is 906. The maximum Gasteiger partial charge on any atom is 0.289 e. The third-order valence-electron chi connectivity index (χ3n) is 4.67. The zero-order chi connectivity index (χ0) is 18.7. The second kappa shape index (κ2) is 7.53. The summed E-state index contributed by atoms with van der Waals surface area (Å²) < 4.78 is 27.0. The summed E-state index contributed by atoms with van der Waals surface area (Å²) in [4.78, 5) is 12.5. The van der Waals surface area contributed by atoms with Crippen LogP contribution in [0.4, 0.5) is 5.69 Å². The highest BCUT2D eigenvalue weighted by molar-refractivity contribution is 7.89. The number of hydrogen-bond donors (Lipinski definition) is 0. The number of nitrogens with zero attached hydrogens (tertiary/aromatic N) is 3. The molecule has 0 amide bonds. The highest BCUT2D eigenvalue weighted by Gasteiger charge is 2.33. The van der Waals surface area contributed by atoms with E-state index >= 15 is 0 Å². The van der Waals surface area contributed by atoms with E-state index in [-0.39, 0.29) is 10.6 Å². The van der Waals surface area contributed by atoms with Crippen molar-refractivity contribution in [1.29, 1.82) is 0 Å². The number of para-hydroxylation sites is 1. The van der Waals surface area contributed by atoms with E-state index in [1.165, 1.54) is 39.7 Å². The topological polar surface area (TPSA) is 83.8 Å². The Balaban J connectivity index is 1.72. The fourth-order valence-corrected chi connectivity index (χ4v) is 4.70. The molecule has 2 aromatic rings. The zero-order valence-corrected chi connectivity index (χ0v) is 15.4. The van der Waals surface area contributed by atoms with Crippen LogP contribution in [0.3, 0.4) is 0 Å². The Hall–Kier alpha value is -2.29. The number of hydrogen-bond acceptors (Lipinski definition) is 5. The molecule has 8 heteroatoms. The summed E-state index contributed by atoms with van der Waals surface area (Å²) in [7, 11) is -3.88. The first-order valence-electron chi connectivity index (χ1n) is 8.40. The molecule has 138 valence electrons. The van der Waals surface area contributed by atoms with E-state index in [0.717, 1.165) is 6.54 Å². The van der Waals surface area contributed by atoms with E-state index in [9.17, 15) is 18.5 Å². The van der Waals surface area contributed by atoms with Gasteiger partial charge in [0.25, 0.3) is 5.69 Å². The second-order valence-electron chi connectivity index (χ2n) is 6.33. The third-order valence-corrected chi connectivity index (χ3v) is 6.61. The molecule has 0 unspecified atom stereocenters. The first-order valence-corrected chi connectivity index (χ1v) is 9.84. The van der Waals surface area contributed by atoms with Crippen LogP contribution >= 0.6 is 0 Å². The summed E-state index contributed by atoms with van der Waals surface area (Å²) in [6.45, 7) is 4.65. The van der Waals surface area contributed by atoms with Crippen molar-refractivity contribution >= 4 is 15.7 Å². The lowest BCUT2D eigenvalue weighted by atomic mass is 10.1. The first kappa shape index (κ1) is 18.5. The predicted molar refractivity (Wildman–Crippen MR) is 98.3 cm³/mol. The van der Waals surface area contributed by atoms with Crippen molar-refractivity contribution < 1.29 is 13.3 Å². The van der Waals surface area contributed by atoms with E-state index < -0.39 is 14.9 Å². The summed E-state index contributed by atoms with van der Waals surface area (Å²) in [6, 6.07) is 13.6. The van der Waals surface area contributed by atoms with Crippen molar-refractivity contribution in [2.45, 2.75) is 18.4 Å². The summed E-state index contributed by atoms with van der Waals surface area (Å²) in [6.07, 6.45) is 0. The average Bonchev–Trinajstić information content (AvgIpc) is 2.64. The van der Waals surface area contributed by atoms with Crippen molar-refractivity contribution in [3.63, 3.8) is 0 Å². The van der Waals surface area contributed by atoms with Crippen LogP contribution in [0, 0.1) is 17.0 Å². The minimum atomic E-state index is -3.88. The highest BCUT2D eigenvalue weighted by Crippen LogP contribution is 2.27. The van der Waals surface area contributed by atoms with Gasteiger partial charge in [0.2, 0.25) is 10.0 Å². The van der Waals surface area contributed by atoms with Crippen LogP contribution in [0.15, 0.2) is 53.4 Å². The summed E-state index contributed by atoms with van der Waals surface area (Å²) in [5.41, 5.74) is 2.06.